The Hall–Kier alpha value is -1.26. The third kappa shape index (κ3) is 26.8. The lowest BCUT2D eigenvalue weighted by Crippen LogP contribution is -2.47. The molecule has 4 nitrogen and oxygen atoms in total. The van der Waals surface area contributed by atoms with Crippen molar-refractivity contribution in [2.45, 2.75) is 163 Å². The van der Waals surface area contributed by atoms with E-state index in [-0.39, 0.29) is 0 Å². The number of hydrogen-bond acceptors (Lipinski definition) is 3. The number of nitrogens with zero attached hydrogens (tertiary/aromatic N) is 2. The minimum Gasteiger partial charge on any atom is -0.324 e. The summed E-state index contributed by atoms with van der Waals surface area (Å²) in [6.07, 6.45) is 39.2. The van der Waals surface area contributed by atoms with Gasteiger partial charge in [0.1, 0.15) is 13.1 Å². The molecule has 0 aliphatic rings. The van der Waals surface area contributed by atoms with Gasteiger partial charge in [-0.15, -0.1) is 0 Å². The molecule has 0 bridgehead atoms. The van der Waals surface area contributed by atoms with E-state index in [4.69, 9.17) is 0 Å². The zero-order valence-corrected chi connectivity index (χ0v) is 29.9. The smallest absolute Gasteiger partial charge is 0.130 e. The Balaban J connectivity index is 5.13. The quantitative estimate of drug-likeness (QED) is 0.0351. The summed E-state index contributed by atoms with van der Waals surface area (Å²) in [5, 5.41) is 6.71. The molecule has 0 aliphatic carbocycles. The SMILES string of the molecule is CCCC/C=C/C/C=C(/CCCCCCNCCC)C(CC/C=C/CCCC)CCCCCC[N+](C)(CCC)CCN=O. The molecule has 0 radical (unpaired) electrons. The maximum atomic E-state index is 10.7. The minimum atomic E-state index is 0.448. The summed E-state index contributed by atoms with van der Waals surface area (Å²) in [5.41, 5.74) is 1.75. The Kier molecular flexibility index (Phi) is 31.2. The number of allylic oxidation sites excluding steroid dienone is 6. The summed E-state index contributed by atoms with van der Waals surface area (Å²) in [6, 6.07) is 0. The van der Waals surface area contributed by atoms with E-state index in [1.54, 1.807) is 5.57 Å². The van der Waals surface area contributed by atoms with E-state index in [0.29, 0.717) is 6.54 Å². The van der Waals surface area contributed by atoms with Gasteiger partial charge in [-0.3, -0.25) is 0 Å². The average molecular weight is 603 g/mol. The fourth-order valence-corrected chi connectivity index (χ4v) is 6.23. The molecule has 1 N–H and O–H groups in total. The van der Waals surface area contributed by atoms with Crippen LogP contribution < -0.4 is 5.32 Å². The van der Waals surface area contributed by atoms with Crippen LogP contribution in [-0.4, -0.2) is 50.8 Å². The molecule has 0 saturated heterocycles. The molecule has 0 aromatic carbocycles. The van der Waals surface area contributed by atoms with Crippen LogP contribution in [0.4, 0.5) is 0 Å². The zero-order valence-electron chi connectivity index (χ0n) is 29.9. The van der Waals surface area contributed by atoms with Gasteiger partial charge in [-0.1, -0.05) is 120 Å². The lowest BCUT2D eigenvalue weighted by molar-refractivity contribution is -0.908. The van der Waals surface area contributed by atoms with Crippen LogP contribution in [0.1, 0.15) is 163 Å². The van der Waals surface area contributed by atoms with E-state index in [1.807, 2.05) is 0 Å². The molecule has 0 aliphatic heterocycles. The van der Waals surface area contributed by atoms with Crippen molar-refractivity contribution >= 4 is 0 Å². The molecular weight excluding hydrogens is 526 g/mol. The molecule has 43 heavy (non-hydrogen) atoms. The Morgan fingerprint density at radius 1 is 0.651 bits per heavy atom. The summed E-state index contributed by atoms with van der Waals surface area (Å²) in [4.78, 5) is 10.7. The number of likely N-dealkylation sites (N-methyl/N-ethyl adjacent to an activating group) is 1. The predicted molar refractivity (Wildman–Crippen MR) is 194 cm³/mol. The van der Waals surface area contributed by atoms with Crippen molar-refractivity contribution in [3.8, 4) is 0 Å². The predicted octanol–water partition coefficient (Wildman–Crippen LogP) is 11.7. The molecule has 0 fully saturated rings. The van der Waals surface area contributed by atoms with Gasteiger partial charge in [0, 0.05) is 0 Å². The summed E-state index contributed by atoms with van der Waals surface area (Å²) in [7, 11) is 2.31. The van der Waals surface area contributed by atoms with Gasteiger partial charge in [0.2, 0.25) is 0 Å². The van der Waals surface area contributed by atoms with Gasteiger partial charge < -0.3 is 9.80 Å². The van der Waals surface area contributed by atoms with Crippen molar-refractivity contribution in [2.24, 2.45) is 11.1 Å². The number of nitrogens with one attached hydrogen (secondary N) is 1. The number of unbranched alkanes of at least 4 members (excludes halogenated alkanes) is 10. The fourth-order valence-electron chi connectivity index (χ4n) is 6.23. The molecule has 0 amide bonds. The third-order valence-electron chi connectivity index (χ3n) is 9.00. The first kappa shape index (κ1) is 41.7. The lowest BCUT2D eigenvalue weighted by atomic mass is 9.85. The highest BCUT2D eigenvalue weighted by Gasteiger charge is 2.20. The number of quaternary nitrogens is 1. The number of hydrogen-bond donors (Lipinski definition) is 1. The normalized spacial score (nSPS) is 14.6. The van der Waals surface area contributed by atoms with E-state index in [1.165, 1.54) is 142 Å². The van der Waals surface area contributed by atoms with Crippen molar-refractivity contribution in [1.29, 1.82) is 0 Å². The Bertz CT molecular complexity index is 686. The van der Waals surface area contributed by atoms with Crippen molar-refractivity contribution in [2.75, 3.05) is 46.3 Å². The molecule has 0 aromatic heterocycles. The first-order chi connectivity index (χ1) is 21.1. The second-order valence-corrected chi connectivity index (χ2v) is 13.3. The van der Waals surface area contributed by atoms with Crippen molar-refractivity contribution in [3.63, 3.8) is 0 Å². The lowest BCUT2D eigenvalue weighted by Gasteiger charge is -2.33. The highest BCUT2D eigenvalue weighted by atomic mass is 16.3. The van der Waals surface area contributed by atoms with Crippen LogP contribution in [0, 0.1) is 10.8 Å². The van der Waals surface area contributed by atoms with Gasteiger partial charge in [-0.05, 0) is 102 Å². The van der Waals surface area contributed by atoms with Gasteiger partial charge in [0.05, 0.1) is 20.1 Å². The van der Waals surface area contributed by atoms with Crippen LogP contribution in [0.5, 0.6) is 0 Å². The molecular formula is C39H76N3O+. The molecule has 2 unspecified atom stereocenters. The van der Waals surface area contributed by atoms with Crippen molar-refractivity contribution in [1.82, 2.24) is 5.32 Å². The summed E-state index contributed by atoms with van der Waals surface area (Å²) in [5.74, 6) is 0.728. The van der Waals surface area contributed by atoms with Crippen molar-refractivity contribution < 1.29 is 4.48 Å². The highest BCUT2D eigenvalue weighted by molar-refractivity contribution is 5.10. The van der Waals surface area contributed by atoms with Gasteiger partial charge in [0.15, 0.2) is 0 Å². The van der Waals surface area contributed by atoms with E-state index in [2.05, 4.69) is 75.6 Å². The van der Waals surface area contributed by atoms with Crippen LogP contribution in [0.15, 0.2) is 41.1 Å². The van der Waals surface area contributed by atoms with Crippen LogP contribution >= 0.6 is 0 Å². The maximum Gasteiger partial charge on any atom is 0.130 e. The molecule has 4 heteroatoms. The topological polar surface area (TPSA) is 41.5 Å². The van der Waals surface area contributed by atoms with Crippen LogP contribution in [0.2, 0.25) is 0 Å². The Morgan fingerprint density at radius 3 is 2.02 bits per heavy atom. The Labute approximate surface area is 270 Å². The van der Waals surface area contributed by atoms with Gasteiger partial charge in [-0.2, -0.15) is 4.91 Å². The first-order valence-corrected chi connectivity index (χ1v) is 18.9. The Morgan fingerprint density at radius 2 is 1.33 bits per heavy atom. The fraction of sp³-hybridized carbons (Fsp3) is 0.846. The molecule has 0 heterocycles. The minimum absolute atomic E-state index is 0.448. The summed E-state index contributed by atoms with van der Waals surface area (Å²) in [6.45, 7) is 15.1. The second-order valence-electron chi connectivity index (χ2n) is 13.3. The van der Waals surface area contributed by atoms with Crippen LogP contribution in [0.25, 0.3) is 0 Å². The summed E-state index contributed by atoms with van der Waals surface area (Å²) >= 11 is 0. The highest BCUT2D eigenvalue weighted by Crippen LogP contribution is 2.29. The molecule has 0 aromatic rings. The first-order valence-electron chi connectivity index (χ1n) is 18.9. The van der Waals surface area contributed by atoms with Crippen LogP contribution in [-0.2, 0) is 0 Å². The molecule has 0 saturated carbocycles. The van der Waals surface area contributed by atoms with Crippen molar-refractivity contribution in [3.05, 3.63) is 40.9 Å². The molecule has 0 rings (SSSR count). The standard InChI is InChI=1S/C39H76N3O/c1-6-10-12-14-16-22-28-38(30-24-18-20-26-33-40-32-8-3)39(29-23-17-15-13-11-7-2)31-25-19-21-27-36-42(5,35-9-4)37-34-41-43/h14-17,28,39-40H,6-13,18-27,29-37H2,1-5H3/q+1/b16-14+,17-15+,38-28-. The third-order valence-corrected chi connectivity index (χ3v) is 9.00. The monoisotopic (exact) mass is 603 g/mol. The van der Waals surface area contributed by atoms with E-state index >= 15 is 0 Å². The number of nitroso groups, excluding NO2 is 1. The molecule has 252 valence electrons. The molecule has 2 atom stereocenters. The second kappa shape index (κ2) is 32.1. The zero-order chi connectivity index (χ0) is 31.7. The van der Waals surface area contributed by atoms with Gasteiger partial charge in [0.25, 0.3) is 0 Å². The maximum absolute atomic E-state index is 10.7. The van der Waals surface area contributed by atoms with Gasteiger partial charge >= 0.3 is 0 Å². The van der Waals surface area contributed by atoms with E-state index in [9.17, 15) is 4.91 Å². The largest absolute Gasteiger partial charge is 0.324 e. The van der Waals surface area contributed by atoms with Gasteiger partial charge in [-0.25, -0.2) is 0 Å². The number of rotatable bonds is 33. The molecule has 0 spiro atoms. The van der Waals surface area contributed by atoms with E-state index in [0.717, 1.165) is 36.5 Å². The summed E-state index contributed by atoms with van der Waals surface area (Å²) < 4.78 is 1.00. The van der Waals surface area contributed by atoms with Crippen LogP contribution in [0.3, 0.4) is 0 Å². The van der Waals surface area contributed by atoms with E-state index < -0.39 is 0 Å². The average Bonchev–Trinajstić information content (AvgIpc) is 3.00.